The van der Waals surface area contributed by atoms with E-state index >= 15 is 0 Å². The Balaban J connectivity index is 1.58. The lowest BCUT2D eigenvalue weighted by atomic mass is 10.1. The predicted octanol–water partition coefficient (Wildman–Crippen LogP) is 2.52. The van der Waals surface area contributed by atoms with E-state index in [2.05, 4.69) is 25.6 Å². The first-order valence-electron chi connectivity index (χ1n) is 8.92. The number of para-hydroxylation sites is 1. The molecule has 1 aliphatic rings. The molecule has 0 aliphatic carbocycles. The number of fused-ring (bicyclic) bond motifs is 1. The Morgan fingerprint density at radius 2 is 1.86 bits per heavy atom. The molecule has 0 radical (unpaired) electrons. The smallest absolute Gasteiger partial charge is 0.409 e. The number of benzodiazepines with no additional fused rings is 1. The van der Waals surface area contributed by atoms with Crippen LogP contribution in [0.4, 0.5) is 10.5 Å². The first-order valence-corrected chi connectivity index (χ1v) is 8.92. The Bertz CT molecular complexity index is 1050. The number of anilines is 1. The highest BCUT2D eigenvalue weighted by molar-refractivity contribution is 6.18. The van der Waals surface area contributed by atoms with Crippen LogP contribution in [0.3, 0.4) is 0 Å². The Labute approximate surface area is 166 Å². The largest absolute Gasteiger partial charge is 0.445 e. The molecule has 1 atom stereocenters. The van der Waals surface area contributed by atoms with Crippen molar-refractivity contribution in [1.82, 2.24) is 15.3 Å². The van der Waals surface area contributed by atoms with E-state index in [-0.39, 0.29) is 6.61 Å². The van der Waals surface area contributed by atoms with E-state index in [0.29, 0.717) is 22.7 Å². The van der Waals surface area contributed by atoms with Crippen molar-refractivity contribution in [1.29, 1.82) is 0 Å². The molecule has 144 valence electrons. The van der Waals surface area contributed by atoms with Crippen molar-refractivity contribution in [2.75, 3.05) is 5.32 Å². The Morgan fingerprint density at radius 3 is 2.66 bits per heavy atom. The average Bonchev–Trinajstić information content (AvgIpc) is 2.90. The van der Waals surface area contributed by atoms with Crippen LogP contribution in [-0.2, 0) is 16.1 Å². The average molecular weight is 387 g/mol. The van der Waals surface area contributed by atoms with Gasteiger partial charge in [0.05, 0.1) is 17.6 Å². The van der Waals surface area contributed by atoms with Gasteiger partial charge in [-0.15, -0.1) is 0 Å². The summed E-state index contributed by atoms with van der Waals surface area (Å²) in [7, 11) is 0. The summed E-state index contributed by atoms with van der Waals surface area (Å²) >= 11 is 0. The zero-order chi connectivity index (χ0) is 20.1. The second-order valence-corrected chi connectivity index (χ2v) is 6.21. The van der Waals surface area contributed by atoms with Gasteiger partial charge in [0.15, 0.2) is 0 Å². The number of amides is 2. The van der Waals surface area contributed by atoms with E-state index in [0.717, 1.165) is 5.56 Å². The predicted molar refractivity (Wildman–Crippen MR) is 106 cm³/mol. The molecule has 1 aromatic heterocycles. The monoisotopic (exact) mass is 387 g/mol. The third-order valence-corrected chi connectivity index (χ3v) is 4.22. The van der Waals surface area contributed by atoms with Crippen LogP contribution >= 0.6 is 0 Å². The van der Waals surface area contributed by atoms with Crippen LogP contribution < -0.4 is 10.6 Å². The number of aromatic nitrogens is 2. The molecule has 0 unspecified atom stereocenters. The normalized spacial score (nSPS) is 15.4. The van der Waals surface area contributed by atoms with Gasteiger partial charge >= 0.3 is 6.09 Å². The first kappa shape index (κ1) is 18.3. The summed E-state index contributed by atoms with van der Waals surface area (Å²) in [5.74, 6) is -0.479. The fourth-order valence-corrected chi connectivity index (χ4v) is 2.86. The number of carbonyl (C=O) groups excluding carboxylic acids is 2. The zero-order valence-corrected chi connectivity index (χ0v) is 15.3. The van der Waals surface area contributed by atoms with Crippen molar-refractivity contribution in [3.05, 3.63) is 90.0 Å². The standard InChI is InChI=1S/C21H17N5O3/c27-20-19(26-21(28)29-13-14-6-2-1-3-7-14)25-18(17-12-22-10-11-23-17)15-8-4-5-9-16(15)24-20/h1-12,19H,13H2,(H,24,27)(H,26,28)/t19-/m1/s1. The van der Waals surface area contributed by atoms with Crippen LogP contribution in [0.25, 0.3) is 0 Å². The summed E-state index contributed by atoms with van der Waals surface area (Å²) in [6, 6.07) is 16.5. The lowest BCUT2D eigenvalue weighted by Gasteiger charge is -2.13. The lowest BCUT2D eigenvalue weighted by Crippen LogP contribution is -2.42. The van der Waals surface area contributed by atoms with Crippen LogP contribution in [0.15, 0.2) is 78.2 Å². The van der Waals surface area contributed by atoms with Gasteiger partial charge in [0, 0.05) is 18.0 Å². The quantitative estimate of drug-likeness (QED) is 0.716. The number of carbonyl (C=O) groups is 2. The molecule has 2 N–H and O–H groups in total. The number of hydrogen-bond acceptors (Lipinski definition) is 6. The molecular weight excluding hydrogens is 370 g/mol. The van der Waals surface area contributed by atoms with Crippen LogP contribution in [0.5, 0.6) is 0 Å². The number of aliphatic imine (C=N–C) groups is 1. The Hall–Kier alpha value is -4.07. The minimum atomic E-state index is -1.18. The van der Waals surface area contributed by atoms with E-state index in [1.54, 1.807) is 24.5 Å². The molecule has 8 nitrogen and oxygen atoms in total. The van der Waals surface area contributed by atoms with Crippen LogP contribution in [0, 0.1) is 0 Å². The van der Waals surface area contributed by atoms with Gasteiger partial charge in [-0.2, -0.15) is 0 Å². The fraction of sp³-hybridized carbons (Fsp3) is 0.0952. The van der Waals surface area contributed by atoms with E-state index in [9.17, 15) is 9.59 Å². The van der Waals surface area contributed by atoms with E-state index < -0.39 is 18.2 Å². The number of hydrogen-bond donors (Lipinski definition) is 2. The zero-order valence-electron chi connectivity index (χ0n) is 15.3. The molecule has 0 fully saturated rings. The number of alkyl carbamates (subject to hydrolysis) is 1. The summed E-state index contributed by atoms with van der Waals surface area (Å²) in [6.45, 7) is 0.0853. The van der Waals surface area contributed by atoms with E-state index in [1.165, 1.54) is 6.20 Å². The van der Waals surface area contributed by atoms with Gasteiger partial charge < -0.3 is 10.1 Å². The Kier molecular flexibility index (Phi) is 5.24. The highest BCUT2D eigenvalue weighted by Gasteiger charge is 2.27. The lowest BCUT2D eigenvalue weighted by molar-refractivity contribution is -0.117. The molecule has 0 saturated carbocycles. The minimum absolute atomic E-state index is 0.0853. The third-order valence-electron chi connectivity index (χ3n) is 4.22. The van der Waals surface area contributed by atoms with Crippen LogP contribution in [-0.4, -0.2) is 33.8 Å². The second-order valence-electron chi connectivity index (χ2n) is 6.21. The van der Waals surface area contributed by atoms with Gasteiger partial charge in [0.1, 0.15) is 12.3 Å². The van der Waals surface area contributed by atoms with Crippen molar-refractivity contribution < 1.29 is 14.3 Å². The molecule has 0 spiro atoms. The van der Waals surface area contributed by atoms with Gasteiger partial charge in [-0.3, -0.25) is 20.1 Å². The van der Waals surface area contributed by atoms with Crippen molar-refractivity contribution in [2.45, 2.75) is 12.8 Å². The molecule has 0 saturated heterocycles. The van der Waals surface area contributed by atoms with E-state index in [4.69, 9.17) is 4.74 Å². The van der Waals surface area contributed by atoms with Crippen molar-refractivity contribution in [3.63, 3.8) is 0 Å². The summed E-state index contributed by atoms with van der Waals surface area (Å²) in [4.78, 5) is 37.7. The summed E-state index contributed by atoms with van der Waals surface area (Å²) in [5, 5.41) is 5.28. The van der Waals surface area contributed by atoms with Gasteiger partial charge in [-0.1, -0.05) is 48.5 Å². The maximum Gasteiger partial charge on any atom is 0.409 e. The highest BCUT2D eigenvalue weighted by Crippen LogP contribution is 2.22. The van der Waals surface area contributed by atoms with E-state index in [1.807, 2.05) is 42.5 Å². The summed E-state index contributed by atoms with van der Waals surface area (Å²) in [6.07, 6.45) is 2.71. The molecule has 2 aromatic carbocycles. The number of benzene rings is 2. The molecule has 0 bridgehead atoms. The Morgan fingerprint density at radius 1 is 1.07 bits per heavy atom. The first-order chi connectivity index (χ1) is 14.2. The fourth-order valence-electron chi connectivity index (χ4n) is 2.86. The summed E-state index contributed by atoms with van der Waals surface area (Å²) < 4.78 is 5.21. The van der Waals surface area contributed by atoms with Gasteiger partial charge in [0.25, 0.3) is 5.91 Å². The SMILES string of the molecule is O=C(N[C@H]1N=C(c2cnccn2)c2ccccc2NC1=O)OCc1ccccc1. The maximum absolute atomic E-state index is 12.6. The van der Waals surface area contributed by atoms with Gasteiger partial charge in [-0.05, 0) is 11.6 Å². The molecule has 29 heavy (non-hydrogen) atoms. The molecular formula is C21H17N5O3. The molecule has 2 heterocycles. The van der Waals surface area contributed by atoms with Crippen LogP contribution in [0.1, 0.15) is 16.8 Å². The molecule has 3 aromatic rings. The van der Waals surface area contributed by atoms with Crippen LogP contribution in [0.2, 0.25) is 0 Å². The minimum Gasteiger partial charge on any atom is -0.445 e. The van der Waals surface area contributed by atoms with Gasteiger partial charge in [0.2, 0.25) is 6.17 Å². The van der Waals surface area contributed by atoms with Gasteiger partial charge in [-0.25, -0.2) is 9.79 Å². The third kappa shape index (κ3) is 4.27. The van der Waals surface area contributed by atoms with Crippen molar-refractivity contribution >= 4 is 23.4 Å². The highest BCUT2D eigenvalue weighted by atomic mass is 16.5. The topological polar surface area (TPSA) is 106 Å². The molecule has 8 heteroatoms. The molecule has 1 aliphatic heterocycles. The van der Waals surface area contributed by atoms with Crippen molar-refractivity contribution in [3.8, 4) is 0 Å². The maximum atomic E-state index is 12.6. The second kappa shape index (κ2) is 8.30. The van der Waals surface area contributed by atoms with Crippen molar-refractivity contribution in [2.24, 2.45) is 4.99 Å². The number of ether oxygens (including phenoxy) is 1. The number of nitrogens with one attached hydrogen (secondary N) is 2. The molecule has 4 rings (SSSR count). The number of nitrogens with zero attached hydrogens (tertiary/aromatic N) is 3. The number of rotatable bonds is 4. The molecule has 2 amide bonds. The summed E-state index contributed by atoms with van der Waals surface area (Å²) in [5.41, 5.74) is 3.03.